The summed E-state index contributed by atoms with van der Waals surface area (Å²) in [6.45, 7) is 6.71. The summed E-state index contributed by atoms with van der Waals surface area (Å²) in [6, 6.07) is 17.7. The lowest BCUT2D eigenvalue weighted by atomic mass is 10.2. The second-order valence-corrected chi connectivity index (χ2v) is 7.64. The summed E-state index contributed by atoms with van der Waals surface area (Å²) in [5, 5.41) is 0. The fourth-order valence-corrected chi connectivity index (χ4v) is 2.97. The molecule has 3 aromatic carbocycles. The zero-order chi connectivity index (χ0) is 26.1. The van der Waals surface area contributed by atoms with Crippen LogP contribution < -0.4 is 18.9 Å². The number of esters is 3. The molecule has 3 rings (SSSR count). The van der Waals surface area contributed by atoms with Gasteiger partial charge in [-0.3, -0.25) is 0 Å². The first-order valence-electron chi connectivity index (χ1n) is 11.1. The number of aryl methyl sites for hydroxylation is 1. The smallest absolute Gasteiger partial charge is 0.343 e. The van der Waals surface area contributed by atoms with Crippen molar-refractivity contribution in [2.24, 2.45) is 0 Å². The normalized spacial score (nSPS) is 10.2. The third kappa shape index (κ3) is 6.96. The fraction of sp³-hybridized carbons (Fsp3) is 0.179. The number of hydrogen-bond acceptors (Lipinski definition) is 8. The zero-order valence-electron chi connectivity index (χ0n) is 20.2. The van der Waals surface area contributed by atoms with Crippen LogP contribution in [0.2, 0.25) is 0 Å². The van der Waals surface area contributed by atoms with E-state index in [2.05, 4.69) is 6.58 Å². The number of carbonyl (C=O) groups is 3. The van der Waals surface area contributed by atoms with Gasteiger partial charge in [-0.05, 0) is 73.5 Å². The van der Waals surface area contributed by atoms with Crippen LogP contribution in [0.3, 0.4) is 0 Å². The van der Waals surface area contributed by atoms with Crippen LogP contribution in [0.4, 0.5) is 0 Å². The van der Waals surface area contributed by atoms with E-state index in [0.717, 1.165) is 12.0 Å². The van der Waals surface area contributed by atoms with Crippen molar-refractivity contribution in [1.29, 1.82) is 0 Å². The molecule has 0 aliphatic rings. The molecule has 0 aliphatic carbocycles. The van der Waals surface area contributed by atoms with Crippen LogP contribution in [0, 0.1) is 0 Å². The van der Waals surface area contributed by atoms with E-state index in [-0.39, 0.29) is 35.2 Å². The third-order valence-electron chi connectivity index (χ3n) is 4.99. The average Bonchev–Trinajstić information content (AvgIpc) is 2.89. The van der Waals surface area contributed by atoms with Crippen molar-refractivity contribution in [1.82, 2.24) is 0 Å². The quantitative estimate of drug-likeness (QED) is 0.167. The second-order valence-electron chi connectivity index (χ2n) is 7.64. The Morgan fingerprint density at radius 3 is 1.89 bits per heavy atom. The molecule has 8 nitrogen and oxygen atoms in total. The second kappa shape index (κ2) is 12.2. The molecule has 0 N–H and O–H groups in total. The summed E-state index contributed by atoms with van der Waals surface area (Å²) < 4.78 is 26.3. The molecular weight excluding hydrogens is 464 g/mol. The van der Waals surface area contributed by atoms with Gasteiger partial charge >= 0.3 is 17.9 Å². The number of carbonyl (C=O) groups excluding carboxylic acids is 3. The number of ether oxygens (including phenoxy) is 5. The van der Waals surface area contributed by atoms with E-state index in [9.17, 15) is 14.4 Å². The molecule has 0 spiro atoms. The van der Waals surface area contributed by atoms with Crippen molar-refractivity contribution in [3.8, 4) is 23.0 Å². The van der Waals surface area contributed by atoms with Gasteiger partial charge in [0.1, 0.15) is 11.5 Å². The monoisotopic (exact) mass is 490 g/mol. The van der Waals surface area contributed by atoms with E-state index in [1.165, 1.54) is 56.5 Å². The van der Waals surface area contributed by atoms with Gasteiger partial charge in [0, 0.05) is 5.57 Å². The summed E-state index contributed by atoms with van der Waals surface area (Å²) in [4.78, 5) is 36.4. The van der Waals surface area contributed by atoms with Gasteiger partial charge in [-0.1, -0.05) is 25.6 Å². The number of hydrogen-bond donors (Lipinski definition) is 0. The Morgan fingerprint density at radius 1 is 0.778 bits per heavy atom. The van der Waals surface area contributed by atoms with Crippen molar-refractivity contribution < 1.29 is 38.1 Å². The maximum atomic E-state index is 12.6. The Labute approximate surface area is 209 Å². The minimum absolute atomic E-state index is 0.206. The molecule has 0 saturated heterocycles. The van der Waals surface area contributed by atoms with E-state index in [1.807, 2.05) is 19.1 Å². The van der Waals surface area contributed by atoms with Crippen molar-refractivity contribution in [2.75, 3.05) is 13.9 Å². The Bertz CT molecular complexity index is 1240. The van der Waals surface area contributed by atoms with E-state index in [1.54, 1.807) is 12.1 Å². The van der Waals surface area contributed by atoms with Gasteiger partial charge in [-0.25, -0.2) is 14.4 Å². The molecule has 0 saturated carbocycles. The van der Waals surface area contributed by atoms with Crippen LogP contribution in [0.5, 0.6) is 23.0 Å². The Kier molecular flexibility index (Phi) is 8.83. The highest BCUT2D eigenvalue weighted by molar-refractivity contribution is 5.93. The van der Waals surface area contributed by atoms with Gasteiger partial charge in [0.25, 0.3) is 0 Å². The lowest BCUT2D eigenvalue weighted by molar-refractivity contribution is -0.145. The first kappa shape index (κ1) is 26.0. The molecule has 0 heterocycles. The summed E-state index contributed by atoms with van der Waals surface area (Å²) in [6.07, 6.45) is 0.895. The predicted octanol–water partition coefficient (Wildman–Crippen LogP) is 5.15. The largest absolute Gasteiger partial charge is 0.493 e. The summed E-state index contributed by atoms with van der Waals surface area (Å²) >= 11 is 0. The highest BCUT2D eigenvalue weighted by Crippen LogP contribution is 2.29. The van der Waals surface area contributed by atoms with Crippen molar-refractivity contribution in [3.63, 3.8) is 0 Å². The molecule has 3 aromatic rings. The minimum atomic E-state index is -0.639. The van der Waals surface area contributed by atoms with E-state index in [0.29, 0.717) is 11.3 Å². The lowest BCUT2D eigenvalue weighted by Gasteiger charge is -2.12. The lowest BCUT2D eigenvalue weighted by Crippen LogP contribution is -2.12. The maximum absolute atomic E-state index is 12.6. The van der Waals surface area contributed by atoms with E-state index < -0.39 is 17.9 Å². The molecule has 0 amide bonds. The molecule has 0 radical (unpaired) electrons. The van der Waals surface area contributed by atoms with Gasteiger partial charge in [-0.15, -0.1) is 0 Å². The van der Waals surface area contributed by atoms with Crippen molar-refractivity contribution in [3.05, 3.63) is 95.6 Å². The first-order valence-corrected chi connectivity index (χ1v) is 11.1. The van der Waals surface area contributed by atoms with E-state index >= 15 is 0 Å². The first-order chi connectivity index (χ1) is 17.3. The molecule has 0 bridgehead atoms. The van der Waals surface area contributed by atoms with Crippen LogP contribution in [-0.4, -0.2) is 31.8 Å². The number of benzene rings is 3. The molecule has 0 aliphatic heterocycles. The summed E-state index contributed by atoms with van der Waals surface area (Å²) in [5.41, 5.74) is 1.90. The molecule has 0 atom stereocenters. The zero-order valence-corrected chi connectivity index (χ0v) is 20.2. The average molecular weight is 491 g/mol. The highest BCUT2D eigenvalue weighted by Gasteiger charge is 2.15. The van der Waals surface area contributed by atoms with Gasteiger partial charge in [0.15, 0.2) is 11.5 Å². The standard InChI is InChI=1S/C28H26O8/c1-5-19-6-11-22(12-7-19)35-27(30)20-8-13-23(14-9-20)36-28(31)21-10-15-24(25(16-21)32-4)33-17-34-26(29)18(2)3/h6-16H,2,5,17H2,1,3-4H3. The molecular formula is C28H26O8. The van der Waals surface area contributed by atoms with Gasteiger partial charge < -0.3 is 23.7 Å². The molecule has 8 heteroatoms. The van der Waals surface area contributed by atoms with Crippen molar-refractivity contribution in [2.45, 2.75) is 20.3 Å². The summed E-state index contributed by atoms with van der Waals surface area (Å²) in [5.74, 6) is -0.528. The van der Waals surface area contributed by atoms with Gasteiger partial charge in [0.2, 0.25) is 6.79 Å². The van der Waals surface area contributed by atoms with Crippen LogP contribution in [0.25, 0.3) is 0 Å². The molecule has 186 valence electrons. The minimum Gasteiger partial charge on any atom is -0.493 e. The fourth-order valence-electron chi connectivity index (χ4n) is 2.97. The Morgan fingerprint density at radius 2 is 1.33 bits per heavy atom. The molecule has 0 fully saturated rings. The van der Waals surface area contributed by atoms with Crippen LogP contribution in [-0.2, 0) is 16.0 Å². The molecule has 0 aromatic heterocycles. The predicted molar refractivity (Wildman–Crippen MR) is 132 cm³/mol. The highest BCUT2D eigenvalue weighted by atomic mass is 16.7. The number of methoxy groups -OCH3 is 1. The van der Waals surface area contributed by atoms with Crippen LogP contribution >= 0.6 is 0 Å². The van der Waals surface area contributed by atoms with Gasteiger partial charge in [0.05, 0.1) is 18.2 Å². The Hall–Kier alpha value is -4.59. The van der Waals surface area contributed by atoms with E-state index in [4.69, 9.17) is 23.7 Å². The summed E-state index contributed by atoms with van der Waals surface area (Å²) in [7, 11) is 1.41. The van der Waals surface area contributed by atoms with Crippen molar-refractivity contribution >= 4 is 17.9 Å². The maximum Gasteiger partial charge on any atom is 0.343 e. The number of rotatable bonds is 10. The molecule has 36 heavy (non-hydrogen) atoms. The van der Waals surface area contributed by atoms with Crippen LogP contribution in [0.15, 0.2) is 78.9 Å². The van der Waals surface area contributed by atoms with Crippen LogP contribution in [0.1, 0.15) is 40.1 Å². The third-order valence-corrected chi connectivity index (χ3v) is 4.99. The SMILES string of the molecule is C=C(C)C(=O)OCOc1ccc(C(=O)Oc2ccc(C(=O)Oc3ccc(CC)cc3)cc2)cc1OC. The molecule has 0 unspecified atom stereocenters. The topological polar surface area (TPSA) is 97.4 Å². The Balaban J connectivity index is 1.59. The van der Waals surface area contributed by atoms with Gasteiger partial charge in [-0.2, -0.15) is 0 Å².